The Morgan fingerprint density at radius 2 is 1.91 bits per heavy atom. The molecule has 33 heavy (non-hydrogen) atoms. The maximum absolute atomic E-state index is 13.4. The Bertz CT molecular complexity index is 1310. The number of rotatable bonds is 6. The molecule has 3 aromatic carbocycles. The molecule has 170 valence electrons. The van der Waals surface area contributed by atoms with Gasteiger partial charge < -0.3 is 10.1 Å². The van der Waals surface area contributed by atoms with Crippen molar-refractivity contribution in [1.29, 1.82) is 0 Å². The van der Waals surface area contributed by atoms with Gasteiger partial charge in [-0.2, -0.15) is 18.3 Å². The van der Waals surface area contributed by atoms with Gasteiger partial charge in [0.1, 0.15) is 11.6 Å². The lowest BCUT2D eigenvalue weighted by Crippen LogP contribution is -2.24. The van der Waals surface area contributed by atoms with E-state index >= 15 is 0 Å². The molecule has 0 aliphatic carbocycles. The van der Waals surface area contributed by atoms with Gasteiger partial charge in [0, 0.05) is 17.5 Å². The number of ether oxygens (including phenoxy) is 1. The Hall–Kier alpha value is -3.88. The predicted molar refractivity (Wildman–Crippen MR) is 114 cm³/mol. The fraction of sp³-hybridized carbons (Fsp3) is 0.167. The molecule has 0 spiro atoms. The molecule has 0 aliphatic rings. The van der Waals surface area contributed by atoms with Crippen LogP contribution in [-0.4, -0.2) is 22.8 Å². The van der Waals surface area contributed by atoms with Crippen LogP contribution in [0.1, 0.15) is 27.0 Å². The first-order valence-electron chi connectivity index (χ1n) is 9.97. The zero-order valence-corrected chi connectivity index (χ0v) is 17.5. The molecule has 0 bridgehead atoms. The van der Waals surface area contributed by atoms with Crippen LogP contribution in [0.2, 0.25) is 0 Å². The smallest absolute Gasteiger partial charge is 0.416 e. The minimum Gasteiger partial charge on any atom is -0.497 e. The lowest BCUT2D eigenvalue weighted by Gasteiger charge is -2.15. The third-order valence-corrected chi connectivity index (χ3v) is 5.19. The van der Waals surface area contributed by atoms with E-state index < -0.39 is 17.6 Å². The number of fused-ring (bicyclic) bond motifs is 1. The number of carbonyl (C=O) groups is 1. The second kappa shape index (κ2) is 8.93. The number of amides is 1. The van der Waals surface area contributed by atoms with Gasteiger partial charge in [0.2, 0.25) is 0 Å². The van der Waals surface area contributed by atoms with Gasteiger partial charge >= 0.3 is 6.18 Å². The molecular weight excluding hydrogens is 438 g/mol. The van der Waals surface area contributed by atoms with Crippen molar-refractivity contribution in [3.8, 4) is 5.75 Å². The molecule has 4 rings (SSSR count). The number of carbonyl (C=O) groups excluding carboxylic acids is 1. The zero-order valence-electron chi connectivity index (χ0n) is 17.5. The zero-order chi connectivity index (χ0) is 23.6. The quantitative estimate of drug-likeness (QED) is 0.406. The Morgan fingerprint density at radius 3 is 2.64 bits per heavy atom. The number of nitrogens with one attached hydrogen (secondary N) is 1. The van der Waals surface area contributed by atoms with Crippen molar-refractivity contribution in [3.05, 3.63) is 94.9 Å². The molecule has 5 nitrogen and oxygen atoms in total. The Kier molecular flexibility index (Phi) is 6.04. The first kappa shape index (κ1) is 22.3. The summed E-state index contributed by atoms with van der Waals surface area (Å²) in [5.41, 5.74) is 0.832. The van der Waals surface area contributed by atoms with Gasteiger partial charge in [0.25, 0.3) is 5.91 Å². The van der Waals surface area contributed by atoms with Gasteiger partial charge in [0.05, 0.1) is 30.9 Å². The molecule has 1 aromatic heterocycles. The number of aromatic nitrogens is 2. The van der Waals surface area contributed by atoms with Crippen LogP contribution in [0.15, 0.2) is 66.9 Å². The second-order valence-electron chi connectivity index (χ2n) is 7.41. The lowest BCUT2D eigenvalue weighted by molar-refractivity contribution is -0.138. The van der Waals surface area contributed by atoms with Gasteiger partial charge in [-0.05, 0) is 53.6 Å². The van der Waals surface area contributed by atoms with E-state index in [9.17, 15) is 22.4 Å². The highest BCUT2D eigenvalue weighted by atomic mass is 19.4. The van der Waals surface area contributed by atoms with Gasteiger partial charge in [-0.3, -0.25) is 9.48 Å². The molecule has 4 aromatic rings. The van der Waals surface area contributed by atoms with E-state index in [0.29, 0.717) is 11.9 Å². The summed E-state index contributed by atoms with van der Waals surface area (Å²) in [5.74, 6) is -0.773. The summed E-state index contributed by atoms with van der Waals surface area (Å²) in [6.45, 7) is 0.0546. The molecule has 1 N–H and O–H groups in total. The largest absolute Gasteiger partial charge is 0.497 e. The van der Waals surface area contributed by atoms with Crippen molar-refractivity contribution in [2.75, 3.05) is 7.11 Å². The van der Waals surface area contributed by atoms with Crippen molar-refractivity contribution in [2.45, 2.75) is 19.3 Å². The molecule has 0 saturated carbocycles. The molecule has 1 heterocycles. The summed E-state index contributed by atoms with van der Waals surface area (Å²) in [5, 5.41) is 7.51. The van der Waals surface area contributed by atoms with Crippen LogP contribution in [0.5, 0.6) is 5.75 Å². The van der Waals surface area contributed by atoms with E-state index in [1.807, 2.05) is 0 Å². The summed E-state index contributed by atoms with van der Waals surface area (Å²) in [4.78, 5) is 12.6. The van der Waals surface area contributed by atoms with Crippen molar-refractivity contribution >= 4 is 16.8 Å². The minimum absolute atomic E-state index is 0.0689. The first-order chi connectivity index (χ1) is 15.7. The fourth-order valence-corrected chi connectivity index (χ4v) is 3.54. The average molecular weight is 457 g/mol. The van der Waals surface area contributed by atoms with Crippen LogP contribution in [0.25, 0.3) is 10.9 Å². The van der Waals surface area contributed by atoms with E-state index in [-0.39, 0.29) is 29.2 Å². The highest BCUT2D eigenvalue weighted by Crippen LogP contribution is 2.34. The molecule has 9 heteroatoms. The monoisotopic (exact) mass is 457 g/mol. The standard InChI is InChI=1S/C24H19F4N3O2/c1-33-20-7-5-17(21(11-20)24(26,27)28)12-29-23(32)16-6-8-22-18(10-16)13-30-31(22)14-15-3-2-4-19(25)9-15/h2-11,13H,12,14H2,1H3,(H,29,32). The molecule has 0 saturated heterocycles. The van der Waals surface area contributed by atoms with Gasteiger partial charge in [-0.1, -0.05) is 18.2 Å². The van der Waals surface area contributed by atoms with Crippen LogP contribution in [-0.2, 0) is 19.3 Å². The number of halogens is 4. The van der Waals surface area contributed by atoms with Crippen molar-refractivity contribution in [2.24, 2.45) is 0 Å². The summed E-state index contributed by atoms with van der Waals surface area (Å²) in [7, 11) is 1.29. The van der Waals surface area contributed by atoms with Crippen LogP contribution in [0, 0.1) is 5.82 Å². The number of hydrogen-bond donors (Lipinski definition) is 1. The number of nitrogens with zero attached hydrogens (tertiary/aromatic N) is 2. The maximum atomic E-state index is 13.4. The van der Waals surface area contributed by atoms with E-state index in [1.165, 1.54) is 31.4 Å². The van der Waals surface area contributed by atoms with E-state index in [2.05, 4.69) is 10.4 Å². The molecule has 0 atom stereocenters. The minimum atomic E-state index is -4.58. The summed E-state index contributed by atoms with van der Waals surface area (Å²) < 4.78 is 60.1. The third-order valence-electron chi connectivity index (χ3n) is 5.19. The van der Waals surface area contributed by atoms with Crippen LogP contribution in [0.3, 0.4) is 0 Å². The Labute approximate surface area is 186 Å². The van der Waals surface area contributed by atoms with E-state index in [1.54, 1.807) is 41.2 Å². The number of hydrogen-bond acceptors (Lipinski definition) is 3. The summed E-state index contributed by atoms with van der Waals surface area (Å²) >= 11 is 0. The first-order valence-corrected chi connectivity index (χ1v) is 9.97. The van der Waals surface area contributed by atoms with Gasteiger partial charge in [-0.15, -0.1) is 0 Å². The molecule has 0 aliphatic heterocycles. The van der Waals surface area contributed by atoms with Crippen LogP contribution < -0.4 is 10.1 Å². The number of methoxy groups -OCH3 is 1. The topological polar surface area (TPSA) is 56.1 Å². The second-order valence-corrected chi connectivity index (χ2v) is 7.41. The van der Waals surface area contributed by atoms with Crippen molar-refractivity contribution in [3.63, 3.8) is 0 Å². The molecule has 1 amide bonds. The third kappa shape index (κ3) is 4.97. The van der Waals surface area contributed by atoms with Gasteiger partial charge in [-0.25, -0.2) is 4.39 Å². The van der Waals surface area contributed by atoms with E-state index in [4.69, 9.17) is 4.74 Å². The van der Waals surface area contributed by atoms with Crippen molar-refractivity contribution in [1.82, 2.24) is 15.1 Å². The highest BCUT2D eigenvalue weighted by molar-refractivity contribution is 5.97. The highest BCUT2D eigenvalue weighted by Gasteiger charge is 2.33. The van der Waals surface area contributed by atoms with Crippen LogP contribution >= 0.6 is 0 Å². The predicted octanol–water partition coefficient (Wildman–Crippen LogP) is 5.18. The molecule has 0 fully saturated rings. The molecule has 0 unspecified atom stereocenters. The number of benzene rings is 3. The van der Waals surface area contributed by atoms with Crippen molar-refractivity contribution < 1.29 is 27.1 Å². The summed E-state index contributed by atoms with van der Waals surface area (Å²) in [6, 6.07) is 14.7. The molecule has 0 radical (unpaired) electrons. The van der Waals surface area contributed by atoms with Gasteiger partial charge in [0.15, 0.2) is 0 Å². The normalized spacial score (nSPS) is 11.5. The SMILES string of the molecule is COc1ccc(CNC(=O)c2ccc3c(cnn3Cc3cccc(F)c3)c2)c(C(F)(F)F)c1. The van der Waals surface area contributed by atoms with E-state index in [0.717, 1.165) is 17.1 Å². The average Bonchev–Trinajstić information content (AvgIpc) is 3.18. The Balaban J connectivity index is 1.50. The Morgan fingerprint density at radius 1 is 1.09 bits per heavy atom. The summed E-state index contributed by atoms with van der Waals surface area (Å²) in [6.07, 6.45) is -3.00. The maximum Gasteiger partial charge on any atom is 0.416 e. The molecular formula is C24H19F4N3O2. The van der Waals surface area contributed by atoms with Crippen LogP contribution in [0.4, 0.5) is 17.6 Å². The lowest BCUT2D eigenvalue weighted by atomic mass is 10.1. The fourth-order valence-electron chi connectivity index (χ4n) is 3.54. The number of alkyl halides is 3.